The normalized spacial score (nSPS) is 43.3. The van der Waals surface area contributed by atoms with E-state index in [1.54, 1.807) is 0 Å². The number of hydrogen-bond donors (Lipinski definition) is 1. The van der Waals surface area contributed by atoms with Crippen LogP contribution >= 0.6 is 0 Å². The molecule has 0 aromatic heterocycles. The van der Waals surface area contributed by atoms with Crippen molar-refractivity contribution in [2.24, 2.45) is 11.3 Å². The molecule has 0 amide bonds. The lowest BCUT2D eigenvalue weighted by molar-refractivity contribution is -0.146. The lowest BCUT2D eigenvalue weighted by Gasteiger charge is -2.48. The zero-order chi connectivity index (χ0) is 13.0. The number of hydrogen-bond acceptors (Lipinski definition) is 4. The summed E-state index contributed by atoms with van der Waals surface area (Å²) in [5, 5.41) is 9.94. The summed E-state index contributed by atoms with van der Waals surface area (Å²) in [7, 11) is 0. The third-order valence-corrected chi connectivity index (χ3v) is 4.85. The summed E-state index contributed by atoms with van der Waals surface area (Å²) in [5.74, 6) is 0.693. The summed E-state index contributed by atoms with van der Waals surface area (Å²) in [6.45, 7) is 9.63. The molecule has 1 N–H and O–H groups in total. The monoisotopic (exact) mass is 252 g/mol. The Labute approximate surface area is 109 Å². The number of aliphatic hydroxyl groups is 1. The molecule has 4 aliphatic rings. The van der Waals surface area contributed by atoms with E-state index in [0.717, 1.165) is 45.7 Å². The van der Waals surface area contributed by atoms with E-state index in [0.29, 0.717) is 12.2 Å². The minimum atomic E-state index is -0.664. The highest BCUT2D eigenvalue weighted by atomic mass is 16.3. The van der Waals surface area contributed by atoms with E-state index in [-0.39, 0.29) is 11.3 Å². The largest absolute Gasteiger partial charge is 0.390 e. The lowest BCUT2D eigenvalue weighted by Crippen LogP contribution is -2.61. The second-order valence-corrected chi connectivity index (χ2v) is 7.12. The van der Waals surface area contributed by atoms with Gasteiger partial charge in [0.05, 0.1) is 11.0 Å². The zero-order valence-electron chi connectivity index (χ0n) is 11.5. The second-order valence-electron chi connectivity index (χ2n) is 7.12. The minimum absolute atomic E-state index is 0.197. The molecule has 0 aromatic carbocycles. The molecule has 4 heterocycles. The van der Waals surface area contributed by atoms with Crippen LogP contribution in [0.2, 0.25) is 0 Å². The van der Waals surface area contributed by atoms with Crippen LogP contribution in [0, 0.1) is 11.3 Å². The van der Waals surface area contributed by atoms with E-state index < -0.39 is 5.60 Å². The van der Waals surface area contributed by atoms with Crippen molar-refractivity contribution in [1.82, 2.24) is 9.80 Å². The Balaban J connectivity index is 1.83. The molecular weight excluding hydrogens is 228 g/mol. The van der Waals surface area contributed by atoms with Crippen molar-refractivity contribution in [2.75, 3.05) is 39.3 Å². The van der Waals surface area contributed by atoms with E-state index in [1.165, 1.54) is 0 Å². The fraction of sp³-hybridized carbons (Fsp3) is 0.929. The molecule has 0 aliphatic carbocycles. The summed E-state index contributed by atoms with van der Waals surface area (Å²) in [6, 6.07) is 0. The topological polar surface area (TPSA) is 43.8 Å². The fourth-order valence-corrected chi connectivity index (χ4v) is 3.92. The van der Waals surface area contributed by atoms with Crippen molar-refractivity contribution >= 4 is 5.78 Å². The second kappa shape index (κ2) is 4.02. The van der Waals surface area contributed by atoms with Crippen molar-refractivity contribution in [3.8, 4) is 0 Å². The molecule has 0 aromatic rings. The molecule has 4 aliphatic heterocycles. The first-order chi connectivity index (χ1) is 8.38. The first-order valence-corrected chi connectivity index (χ1v) is 7.09. The summed E-state index contributed by atoms with van der Waals surface area (Å²) < 4.78 is 0. The van der Waals surface area contributed by atoms with E-state index >= 15 is 0 Å². The van der Waals surface area contributed by atoms with Gasteiger partial charge in [-0.3, -0.25) is 4.79 Å². The summed E-state index contributed by atoms with van der Waals surface area (Å²) in [6.07, 6.45) is 1.55. The van der Waals surface area contributed by atoms with Crippen LogP contribution in [0.3, 0.4) is 0 Å². The predicted molar refractivity (Wildman–Crippen MR) is 69.3 cm³/mol. The quantitative estimate of drug-likeness (QED) is 0.787. The summed E-state index contributed by atoms with van der Waals surface area (Å²) in [5.41, 5.74) is -0.860. The molecular formula is C14H24N2O2. The Morgan fingerprint density at radius 2 is 1.83 bits per heavy atom. The summed E-state index contributed by atoms with van der Waals surface area (Å²) >= 11 is 0. The van der Waals surface area contributed by atoms with Gasteiger partial charge in [-0.25, -0.2) is 0 Å². The van der Waals surface area contributed by atoms with Crippen molar-refractivity contribution < 1.29 is 9.90 Å². The number of carbonyl (C=O) groups excluding carboxylic acids is 1. The SMILES string of the molecule is CC(C)(O)CCC12CN3CCN(CC(C3)C1=O)C2. The third-order valence-electron chi connectivity index (χ3n) is 4.85. The molecule has 0 saturated carbocycles. The van der Waals surface area contributed by atoms with Gasteiger partial charge < -0.3 is 14.9 Å². The maximum atomic E-state index is 12.6. The van der Waals surface area contributed by atoms with Gasteiger partial charge in [0.15, 0.2) is 0 Å². The first-order valence-electron chi connectivity index (χ1n) is 7.09. The molecule has 102 valence electrons. The molecule has 4 fully saturated rings. The van der Waals surface area contributed by atoms with Gasteiger partial charge in [-0.05, 0) is 26.7 Å². The van der Waals surface area contributed by atoms with Gasteiger partial charge >= 0.3 is 0 Å². The standard InChI is InChI=1S/C14H24N2O2/c1-13(2,18)3-4-14-9-15-5-6-16(10-14)8-11(7-15)12(14)17/h11,18H,3-10H2,1-2H3. The van der Waals surface area contributed by atoms with Crippen LogP contribution in [-0.4, -0.2) is 65.6 Å². The van der Waals surface area contributed by atoms with E-state index in [1.807, 2.05) is 13.8 Å². The fourth-order valence-electron chi connectivity index (χ4n) is 3.92. The van der Waals surface area contributed by atoms with Crippen LogP contribution in [0.4, 0.5) is 0 Å². The zero-order valence-corrected chi connectivity index (χ0v) is 11.5. The summed E-state index contributed by atoms with van der Waals surface area (Å²) in [4.78, 5) is 17.6. The van der Waals surface area contributed by atoms with Gasteiger partial charge in [-0.2, -0.15) is 0 Å². The molecule has 4 bridgehead atoms. The van der Waals surface area contributed by atoms with Gasteiger partial charge in [0.25, 0.3) is 0 Å². The number of rotatable bonds is 3. The van der Waals surface area contributed by atoms with Crippen LogP contribution in [0.25, 0.3) is 0 Å². The van der Waals surface area contributed by atoms with Gasteiger partial charge in [0, 0.05) is 45.2 Å². The highest BCUT2D eigenvalue weighted by Gasteiger charge is 2.53. The van der Waals surface area contributed by atoms with Crippen LogP contribution in [0.1, 0.15) is 26.7 Å². The Bertz CT molecular complexity index is 345. The number of piperidine rings is 2. The van der Waals surface area contributed by atoms with E-state index in [4.69, 9.17) is 0 Å². The van der Waals surface area contributed by atoms with Gasteiger partial charge in [-0.15, -0.1) is 0 Å². The van der Waals surface area contributed by atoms with Gasteiger partial charge in [0.2, 0.25) is 0 Å². The van der Waals surface area contributed by atoms with Crippen LogP contribution in [0.15, 0.2) is 0 Å². The van der Waals surface area contributed by atoms with Gasteiger partial charge in [-0.1, -0.05) is 0 Å². The molecule has 4 rings (SSSR count). The predicted octanol–water partition coefficient (Wildman–Crippen LogP) is 0.354. The van der Waals surface area contributed by atoms with Crippen LogP contribution in [-0.2, 0) is 4.79 Å². The van der Waals surface area contributed by atoms with Crippen molar-refractivity contribution in [2.45, 2.75) is 32.3 Å². The van der Waals surface area contributed by atoms with E-state index in [9.17, 15) is 9.90 Å². The first kappa shape index (κ1) is 12.6. The van der Waals surface area contributed by atoms with Gasteiger partial charge in [0.1, 0.15) is 5.78 Å². The van der Waals surface area contributed by atoms with Crippen LogP contribution in [0.5, 0.6) is 0 Å². The lowest BCUT2D eigenvalue weighted by atomic mass is 9.68. The molecule has 18 heavy (non-hydrogen) atoms. The molecule has 0 spiro atoms. The van der Waals surface area contributed by atoms with Crippen molar-refractivity contribution in [1.29, 1.82) is 0 Å². The van der Waals surface area contributed by atoms with Crippen LogP contribution < -0.4 is 0 Å². The Morgan fingerprint density at radius 3 is 2.33 bits per heavy atom. The Kier molecular flexibility index (Phi) is 2.81. The molecule has 4 heteroatoms. The average Bonchev–Trinajstić information content (AvgIpc) is 2.50. The maximum absolute atomic E-state index is 12.6. The Morgan fingerprint density at radius 1 is 1.28 bits per heavy atom. The van der Waals surface area contributed by atoms with Crippen molar-refractivity contribution in [3.63, 3.8) is 0 Å². The number of Topliss-reactive ketones (excluding diaryl/α,β-unsaturated/α-hetero) is 1. The molecule has 4 nitrogen and oxygen atoms in total. The Hall–Kier alpha value is -0.450. The number of carbonyl (C=O) groups is 1. The average molecular weight is 252 g/mol. The molecule has 2 atom stereocenters. The highest BCUT2D eigenvalue weighted by Crippen LogP contribution is 2.41. The molecule has 2 unspecified atom stereocenters. The molecule has 0 radical (unpaired) electrons. The smallest absolute Gasteiger partial charge is 0.147 e. The maximum Gasteiger partial charge on any atom is 0.147 e. The van der Waals surface area contributed by atoms with Crippen molar-refractivity contribution in [3.05, 3.63) is 0 Å². The minimum Gasteiger partial charge on any atom is -0.390 e. The molecule has 4 saturated heterocycles. The third kappa shape index (κ3) is 2.10. The number of fused-ring (bicyclic) bond motifs is 1. The van der Waals surface area contributed by atoms with E-state index in [2.05, 4.69) is 9.80 Å². The highest BCUT2D eigenvalue weighted by molar-refractivity contribution is 5.89. The number of nitrogens with zero attached hydrogens (tertiary/aromatic N) is 2. The number of ketones is 1.